The molecule has 0 saturated carbocycles. The van der Waals surface area contributed by atoms with Crippen LogP contribution in [-0.2, 0) is 6.42 Å². The van der Waals surface area contributed by atoms with Gasteiger partial charge in [0.25, 0.3) is 0 Å². The Balaban J connectivity index is 2.32. The molecule has 70 valence electrons. The van der Waals surface area contributed by atoms with Crippen LogP contribution in [0.15, 0.2) is 18.2 Å². The number of hydrogen-bond acceptors (Lipinski definition) is 3. The van der Waals surface area contributed by atoms with Gasteiger partial charge in [0.05, 0.1) is 6.61 Å². The second kappa shape index (κ2) is 3.26. The lowest BCUT2D eigenvalue weighted by atomic mass is 10.1. The highest BCUT2D eigenvalue weighted by Crippen LogP contribution is 2.33. The molecule has 0 aliphatic carbocycles. The molecule has 0 atom stereocenters. The zero-order valence-corrected chi connectivity index (χ0v) is 7.40. The molecule has 0 bridgehead atoms. The molecule has 0 amide bonds. The molecule has 2 rings (SSSR count). The maximum absolute atomic E-state index is 9.53. The minimum absolute atomic E-state index is 0.162. The monoisotopic (exact) mass is 179 g/mol. The number of fused-ring (bicyclic) bond motifs is 1. The van der Waals surface area contributed by atoms with E-state index in [1.54, 1.807) is 6.07 Å². The lowest BCUT2D eigenvalue weighted by Crippen LogP contribution is -2.23. The number of aliphatic hydroxyl groups is 1. The fourth-order valence-corrected chi connectivity index (χ4v) is 1.84. The maximum atomic E-state index is 9.53. The molecule has 0 spiro atoms. The molecule has 13 heavy (non-hydrogen) atoms. The number of phenolic OH excluding ortho intramolecular Hbond substituents is 1. The predicted molar refractivity (Wildman–Crippen MR) is 51.1 cm³/mol. The SMILES string of the molecule is OCCN1CCc2c(O)cccc21. The van der Waals surface area contributed by atoms with E-state index in [0.717, 1.165) is 24.2 Å². The summed E-state index contributed by atoms with van der Waals surface area (Å²) in [6, 6.07) is 5.53. The van der Waals surface area contributed by atoms with Crippen molar-refractivity contribution in [1.29, 1.82) is 0 Å². The Kier molecular flexibility index (Phi) is 2.10. The molecule has 3 heteroatoms. The summed E-state index contributed by atoms with van der Waals surface area (Å²) in [7, 11) is 0. The Bertz CT molecular complexity index is 312. The number of hydrogen-bond donors (Lipinski definition) is 2. The van der Waals surface area contributed by atoms with Crippen molar-refractivity contribution in [3.05, 3.63) is 23.8 Å². The third kappa shape index (κ3) is 1.35. The zero-order chi connectivity index (χ0) is 9.26. The van der Waals surface area contributed by atoms with Gasteiger partial charge in [-0.15, -0.1) is 0 Å². The highest BCUT2D eigenvalue weighted by Gasteiger charge is 2.20. The summed E-state index contributed by atoms with van der Waals surface area (Å²) in [6.07, 6.45) is 0.877. The molecule has 1 aliphatic heterocycles. The van der Waals surface area contributed by atoms with Crippen LogP contribution in [0.5, 0.6) is 5.75 Å². The van der Waals surface area contributed by atoms with Gasteiger partial charge >= 0.3 is 0 Å². The Labute approximate surface area is 77.2 Å². The number of phenols is 1. The molecule has 2 N–H and O–H groups in total. The van der Waals surface area contributed by atoms with Gasteiger partial charge in [-0.1, -0.05) is 6.07 Å². The van der Waals surface area contributed by atoms with E-state index in [9.17, 15) is 5.11 Å². The first-order valence-electron chi connectivity index (χ1n) is 4.49. The number of benzene rings is 1. The molecular weight excluding hydrogens is 166 g/mol. The van der Waals surface area contributed by atoms with Crippen molar-refractivity contribution in [2.75, 3.05) is 24.6 Å². The number of aromatic hydroxyl groups is 1. The van der Waals surface area contributed by atoms with Gasteiger partial charge in [0.2, 0.25) is 0 Å². The van der Waals surface area contributed by atoms with E-state index in [1.807, 2.05) is 12.1 Å². The van der Waals surface area contributed by atoms with Crippen LogP contribution in [0.25, 0.3) is 0 Å². The van der Waals surface area contributed by atoms with E-state index in [4.69, 9.17) is 5.11 Å². The first kappa shape index (κ1) is 8.38. The number of aliphatic hydroxyl groups excluding tert-OH is 1. The van der Waals surface area contributed by atoms with Crippen LogP contribution >= 0.6 is 0 Å². The fourth-order valence-electron chi connectivity index (χ4n) is 1.84. The summed E-state index contributed by atoms with van der Waals surface area (Å²) in [4.78, 5) is 2.09. The summed E-state index contributed by atoms with van der Waals surface area (Å²) in [6.45, 7) is 1.71. The Morgan fingerprint density at radius 2 is 2.23 bits per heavy atom. The van der Waals surface area contributed by atoms with E-state index >= 15 is 0 Å². The molecule has 1 aromatic carbocycles. The average Bonchev–Trinajstić information content (AvgIpc) is 2.51. The van der Waals surface area contributed by atoms with Crippen molar-refractivity contribution >= 4 is 5.69 Å². The number of β-amino-alcohol motifs (C(OH)–C–C–N with tert-alkyl or cyclic N) is 1. The molecule has 0 saturated heterocycles. The van der Waals surface area contributed by atoms with Crippen LogP contribution in [0.4, 0.5) is 5.69 Å². The minimum atomic E-state index is 0.162. The quantitative estimate of drug-likeness (QED) is 0.704. The van der Waals surface area contributed by atoms with E-state index in [1.165, 1.54) is 0 Å². The first-order valence-corrected chi connectivity index (χ1v) is 4.49. The highest BCUT2D eigenvalue weighted by atomic mass is 16.3. The summed E-state index contributed by atoms with van der Waals surface area (Å²) < 4.78 is 0. The standard InChI is InChI=1S/C10H13NO2/c12-7-6-11-5-4-8-9(11)2-1-3-10(8)13/h1-3,12-13H,4-7H2. The largest absolute Gasteiger partial charge is 0.508 e. The van der Waals surface area contributed by atoms with E-state index < -0.39 is 0 Å². The van der Waals surface area contributed by atoms with Crippen LogP contribution in [-0.4, -0.2) is 29.9 Å². The van der Waals surface area contributed by atoms with Gasteiger partial charge in [-0.2, -0.15) is 0 Å². The van der Waals surface area contributed by atoms with Crippen molar-refractivity contribution in [3.63, 3.8) is 0 Å². The zero-order valence-electron chi connectivity index (χ0n) is 7.40. The average molecular weight is 179 g/mol. The second-order valence-corrected chi connectivity index (χ2v) is 3.24. The topological polar surface area (TPSA) is 43.7 Å². The van der Waals surface area contributed by atoms with Crippen molar-refractivity contribution in [3.8, 4) is 5.75 Å². The van der Waals surface area contributed by atoms with Gasteiger partial charge < -0.3 is 15.1 Å². The number of nitrogens with zero attached hydrogens (tertiary/aromatic N) is 1. The molecule has 0 fully saturated rings. The Morgan fingerprint density at radius 1 is 1.38 bits per heavy atom. The molecule has 0 unspecified atom stereocenters. The van der Waals surface area contributed by atoms with Gasteiger partial charge in [0.1, 0.15) is 5.75 Å². The Morgan fingerprint density at radius 3 is 3.00 bits per heavy atom. The summed E-state index contributed by atoms with van der Waals surface area (Å²) in [5.41, 5.74) is 2.07. The number of anilines is 1. The highest BCUT2D eigenvalue weighted by molar-refractivity contribution is 5.62. The lowest BCUT2D eigenvalue weighted by molar-refractivity contribution is 0.303. The molecule has 1 aliphatic rings. The minimum Gasteiger partial charge on any atom is -0.508 e. The smallest absolute Gasteiger partial charge is 0.120 e. The maximum Gasteiger partial charge on any atom is 0.120 e. The van der Waals surface area contributed by atoms with E-state index in [0.29, 0.717) is 12.3 Å². The van der Waals surface area contributed by atoms with E-state index in [2.05, 4.69) is 4.90 Å². The molecular formula is C10H13NO2. The number of rotatable bonds is 2. The fraction of sp³-hybridized carbons (Fsp3) is 0.400. The van der Waals surface area contributed by atoms with Crippen LogP contribution in [0.1, 0.15) is 5.56 Å². The van der Waals surface area contributed by atoms with E-state index in [-0.39, 0.29) is 6.61 Å². The van der Waals surface area contributed by atoms with Gasteiger partial charge in [0.15, 0.2) is 0 Å². The summed E-state index contributed by atoms with van der Waals surface area (Å²) in [5, 5.41) is 18.3. The third-order valence-electron chi connectivity index (χ3n) is 2.47. The van der Waals surface area contributed by atoms with Crippen LogP contribution in [0, 0.1) is 0 Å². The van der Waals surface area contributed by atoms with Crippen LogP contribution in [0.3, 0.4) is 0 Å². The predicted octanol–water partition coefficient (Wildman–Crippen LogP) is 0.747. The van der Waals surface area contributed by atoms with Crippen LogP contribution < -0.4 is 4.90 Å². The van der Waals surface area contributed by atoms with Crippen molar-refractivity contribution in [2.45, 2.75) is 6.42 Å². The van der Waals surface area contributed by atoms with Crippen molar-refractivity contribution < 1.29 is 10.2 Å². The van der Waals surface area contributed by atoms with Gasteiger partial charge in [-0.05, 0) is 18.6 Å². The van der Waals surface area contributed by atoms with Gasteiger partial charge in [-0.3, -0.25) is 0 Å². The van der Waals surface area contributed by atoms with Gasteiger partial charge in [-0.25, -0.2) is 0 Å². The normalized spacial score (nSPS) is 14.7. The van der Waals surface area contributed by atoms with Gasteiger partial charge in [0, 0.05) is 24.3 Å². The first-order chi connectivity index (χ1) is 6.33. The second-order valence-electron chi connectivity index (χ2n) is 3.24. The van der Waals surface area contributed by atoms with Crippen molar-refractivity contribution in [1.82, 2.24) is 0 Å². The Hall–Kier alpha value is -1.22. The van der Waals surface area contributed by atoms with Crippen LogP contribution in [0.2, 0.25) is 0 Å². The molecule has 1 aromatic rings. The molecule has 0 aromatic heterocycles. The third-order valence-corrected chi connectivity index (χ3v) is 2.47. The summed E-state index contributed by atoms with van der Waals surface area (Å²) in [5.74, 6) is 0.373. The lowest BCUT2D eigenvalue weighted by Gasteiger charge is -2.17. The summed E-state index contributed by atoms with van der Waals surface area (Å²) >= 11 is 0. The molecule has 3 nitrogen and oxygen atoms in total. The molecule has 0 radical (unpaired) electrons. The van der Waals surface area contributed by atoms with Crippen molar-refractivity contribution in [2.24, 2.45) is 0 Å². The molecule has 1 heterocycles.